The third-order valence-corrected chi connectivity index (χ3v) is 5.90. The summed E-state index contributed by atoms with van der Waals surface area (Å²) < 4.78 is 9.00. The number of rotatable bonds is 5. The molecule has 5 nitrogen and oxygen atoms in total. The van der Waals surface area contributed by atoms with Crippen LogP contribution in [0.2, 0.25) is 0 Å². The van der Waals surface area contributed by atoms with Gasteiger partial charge in [-0.3, -0.25) is 9.55 Å². The summed E-state index contributed by atoms with van der Waals surface area (Å²) in [5.41, 5.74) is 1.98. The highest BCUT2D eigenvalue weighted by molar-refractivity contribution is 9.10. The van der Waals surface area contributed by atoms with E-state index in [1.54, 1.807) is 18.0 Å². The molecule has 0 unspecified atom stereocenters. The van der Waals surface area contributed by atoms with E-state index in [9.17, 15) is 0 Å². The van der Waals surface area contributed by atoms with Crippen molar-refractivity contribution in [3.05, 3.63) is 53.3 Å². The molecule has 0 aliphatic carbocycles. The van der Waals surface area contributed by atoms with Gasteiger partial charge in [0.2, 0.25) is 0 Å². The SMILES string of the molecule is Brc1ccc(-n2c(SC[C@@H]3CCCCO3)nnc2-c2cccnc2)cc1. The minimum atomic E-state index is 0.297. The second kappa shape index (κ2) is 8.33. The van der Waals surface area contributed by atoms with Gasteiger partial charge in [-0.2, -0.15) is 0 Å². The van der Waals surface area contributed by atoms with Gasteiger partial charge >= 0.3 is 0 Å². The first-order valence-corrected chi connectivity index (χ1v) is 10.5. The van der Waals surface area contributed by atoms with E-state index in [-0.39, 0.29) is 0 Å². The Morgan fingerprint density at radius 2 is 2.04 bits per heavy atom. The van der Waals surface area contributed by atoms with Crippen molar-refractivity contribution < 1.29 is 4.74 Å². The summed E-state index contributed by atoms with van der Waals surface area (Å²) in [6, 6.07) is 12.1. The first kappa shape index (κ1) is 17.7. The quantitative estimate of drug-likeness (QED) is 0.546. The molecule has 1 saturated heterocycles. The van der Waals surface area contributed by atoms with Crippen molar-refractivity contribution in [2.75, 3.05) is 12.4 Å². The number of halogens is 1. The van der Waals surface area contributed by atoms with Crippen molar-refractivity contribution >= 4 is 27.7 Å². The lowest BCUT2D eigenvalue weighted by Gasteiger charge is -2.22. The van der Waals surface area contributed by atoms with E-state index in [1.807, 2.05) is 30.5 Å². The third kappa shape index (κ3) is 4.00. The molecule has 1 aliphatic rings. The number of hydrogen-bond acceptors (Lipinski definition) is 5. The lowest BCUT2D eigenvalue weighted by Crippen LogP contribution is -2.21. The number of hydrogen-bond donors (Lipinski definition) is 0. The van der Waals surface area contributed by atoms with E-state index < -0.39 is 0 Å². The molecule has 1 fully saturated rings. The van der Waals surface area contributed by atoms with Crippen molar-refractivity contribution in [2.24, 2.45) is 0 Å². The van der Waals surface area contributed by atoms with Crippen LogP contribution in [-0.2, 0) is 4.74 Å². The Labute approximate surface area is 165 Å². The van der Waals surface area contributed by atoms with Crippen molar-refractivity contribution in [1.82, 2.24) is 19.7 Å². The molecule has 1 aliphatic heterocycles. The minimum Gasteiger partial charge on any atom is -0.377 e. The fraction of sp³-hybridized carbons (Fsp3) is 0.316. The third-order valence-electron chi connectivity index (χ3n) is 4.31. The zero-order valence-corrected chi connectivity index (χ0v) is 16.6. The van der Waals surface area contributed by atoms with E-state index in [0.29, 0.717) is 6.10 Å². The molecule has 7 heteroatoms. The van der Waals surface area contributed by atoms with Crippen molar-refractivity contribution in [1.29, 1.82) is 0 Å². The number of pyridine rings is 1. The smallest absolute Gasteiger partial charge is 0.196 e. The molecular formula is C19H19BrN4OS. The molecule has 3 aromatic rings. The van der Waals surface area contributed by atoms with Crippen LogP contribution in [0, 0.1) is 0 Å². The summed E-state index contributed by atoms with van der Waals surface area (Å²) in [5, 5.41) is 9.78. The Morgan fingerprint density at radius 1 is 1.15 bits per heavy atom. The number of thioether (sulfide) groups is 1. The van der Waals surface area contributed by atoms with Crippen LogP contribution >= 0.6 is 27.7 Å². The van der Waals surface area contributed by atoms with Crippen molar-refractivity contribution in [2.45, 2.75) is 30.5 Å². The molecule has 0 saturated carbocycles. The van der Waals surface area contributed by atoms with Crippen LogP contribution < -0.4 is 0 Å². The summed E-state index contributed by atoms with van der Waals surface area (Å²) in [5.74, 6) is 1.69. The van der Waals surface area contributed by atoms with Gasteiger partial charge in [-0.15, -0.1) is 10.2 Å². The Kier molecular flexibility index (Phi) is 5.67. The largest absolute Gasteiger partial charge is 0.377 e. The lowest BCUT2D eigenvalue weighted by molar-refractivity contribution is 0.0315. The molecule has 0 radical (unpaired) electrons. The van der Waals surface area contributed by atoms with Crippen LogP contribution in [0.15, 0.2) is 58.4 Å². The van der Waals surface area contributed by atoms with Crippen LogP contribution in [0.5, 0.6) is 0 Å². The predicted molar refractivity (Wildman–Crippen MR) is 107 cm³/mol. The first-order valence-electron chi connectivity index (χ1n) is 8.67. The fourth-order valence-electron chi connectivity index (χ4n) is 2.97. The fourth-order valence-corrected chi connectivity index (χ4v) is 4.26. The Bertz CT molecular complexity index is 848. The number of benzene rings is 1. The van der Waals surface area contributed by atoms with E-state index in [0.717, 1.165) is 45.5 Å². The monoisotopic (exact) mass is 430 g/mol. The van der Waals surface area contributed by atoms with Gasteiger partial charge in [-0.25, -0.2) is 0 Å². The highest BCUT2D eigenvalue weighted by Crippen LogP contribution is 2.30. The molecule has 26 heavy (non-hydrogen) atoms. The van der Waals surface area contributed by atoms with Gasteiger partial charge in [-0.05, 0) is 55.7 Å². The summed E-state index contributed by atoms with van der Waals surface area (Å²) >= 11 is 5.20. The maximum absolute atomic E-state index is 5.86. The predicted octanol–water partition coefficient (Wildman–Crippen LogP) is 4.75. The molecule has 0 bridgehead atoms. The Morgan fingerprint density at radius 3 is 2.77 bits per heavy atom. The topological polar surface area (TPSA) is 52.8 Å². The minimum absolute atomic E-state index is 0.297. The standard InChI is InChI=1S/C19H19BrN4OS/c20-15-6-8-16(9-7-15)24-18(14-4-3-10-21-12-14)22-23-19(24)26-13-17-5-1-2-11-25-17/h3-4,6-10,12,17H,1-2,5,11,13H2/t17-/m0/s1. The molecule has 2 aromatic heterocycles. The van der Waals surface area contributed by atoms with Gasteiger partial charge in [0.25, 0.3) is 0 Å². The number of aromatic nitrogens is 4. The average Bonchev–Trinajstić information content (AvgIpc) is 3.12. The highest BCUT2D eigenvalue weighted by Gasteiger charge is 2.19. The van der Waals surface area contributed by atoms with Crippen LogP contribution in [-0.4, -0.2) is 38.2 Å². The van der Waals surface area contributed by atoms with E-state index in [2.05, 4.69) is 47.8 Å². The van der Waals surface area contributed by atoms with Gasteiger partial charge < -0.3 is 4.74 Å². The number of nitrogens with zero attached hydrogens (tertiary/aromatic N) is 4. The van der Waals surface area contributed by atoms with Crippen LogP contribution in [0.4, 0.5) is 0 Å². The maximum Gasteiger partial charge on any atom is 0.196 e. The summed E-state index contributed by atoms with van der Waals surface area (Å²) in [4.78, 5) is 4.22. The van der Waals surface area contributed by atoms with Gasteiger partial charge in [0.1, 0.15) is 0 Å². The summed E-state index contributed by atoms with van der Waals surface area (Å²) in [6.45, 7) is 0.867. The first-order chi connectivity index (χ1) is 12.8. The lowest BCUT2D eigenvalue weighted by atomic mass is 10.1. The molecule has 0 spiro atoms. The Balaban J connectivity index is 1.67. The molecule has 134 valence electrons. The van der Waals surface area contributed by atoms with Crippen molar-refractivity contribution in [3.63, 3.8) is 0 Å². The van der Waals surface area contributed by atoms with E-state index >= 15 is 0 Å². The number of ether oxygens (including phenoxy) is 1. The highest BCUT2D eigenvalue weighted by atomic mass is 79.9. The van der Waals surface area contributed by atoms with Gasteiger partial charge in [0, 0.05) is 40.5 Å². The second-order valence-electron chi connectivity index (χ2n) is 6.16. The van der Waals surface area contributed by atoms with E-state index in [1.165, 1.54) is 12.8 Å². The molecule has 0 N–H and O–H groups in total. The molecular weight excluding hydrogens is 412 g/mol. The maximum atomic E-state index is 5.86. The summed E-state index contributed by atoms with van der Waals surface area (Å²) in [6.07, 6.45) is 7.41. The zero-order chi connectivity index (χ0) is 17.8. The average molecular weight is 431 g/mol. The molecule has 0 amide bonds. The second-order valence-corrected chi connectivity index (χ2v) is 8.06. The Hall–Kier alpha value is -1.70. The van der Waals surface area contributed by atoms with Gasteiger partial charge in [0.05, 0.1) is 6.10 Å². The summed E-state index contributed by atoms with van der Waals surface area (Å²) in [7, 11) is 0. The zero-order valence-electron chi connectivity index (χ0n) is 14.2. The van der Waals surface area contributed by atoms with Crippen molar-refractivity contribution in [3.8, 4) is 17.1 Å². The van der Waals surface area contributed by atoms with Crippen LogP contribution in [0.25, 0.3) is 17.1 Å². The van der Waals surface area contributed by atoms with E-state index in [4.69, 9.17) is 4.74 Å². The molecule has 1 atom stereocenters. The van der Waals surface area contributed by atoms with Gasteiger partial charge in [-0.1, -0.05) is 27.7 Å². The van der Waals surface area contributed by atoms with Crippen LogP contribution in [0.3, 0.4) is 0 Å². The van der Waals surface area contributed by atoms with Crippen LogP contribution in [0.1, 0.15) is 19.3 Å². The molecule has 3 heterocycles. The normalized spacial score (nSPS) is 17.3. The molecule has 4 rings (SSSR count). The van der Waals surface area contributed by atoms with Gasteiger partial charge in [0.15, 0.2) is 11.0 Å². The molecule has 1 aromatic carbocycles.